The van der Waals surface area contributed by atoms with Gasteiger partial charge in [0.15, 0.2) is 5.78 Å². The molecule has 0 aliphatic heterocycles. The fraction of sp³-hybridized carbons (Fsp3) is 0.364. The molecule has 0 fully saturated rings. The number of aryl methyl sites for hydroxylation is 1. The fourth-order valence-corrected chi connectivity index (χ4v) is 1.42. The van der Waals surface area contributed by atoms with Gasteiger partial charge in [0.25, 0.3) is 0 Å². The van der Waals surface area contributed by atoms with Crippen LogP contribution in [0.15, 0.2) is 18.2 Å². The summed E-state index contributed by atoms with van der Waals surface area (Å²) in [7, 11) is 0. The lowest BCUT2D eigenvalue weighted by atomic mass is 10.1. The van der Waals surface area contributed by atoms with Crippen molar-refractivity contribution in [3.63, 3.8) is 0 Å². The van der Waals surface area contributed by atoms with Crippen LogP contribution in [-0.2, 0) is 11.2 Å². The zero-order valence-corrected chi connectivity index (χ0v) is 9.43. The zero-order chi connectivity index (χ0) is 12.1. The second-order valence-corrected chi connectivity index (χ2v) is 3.59. The highest BCUT2D eigenvalue weighted by atomic mass is 35.5. The van der Waals surface area contributed by atoms with Crippen molar-refractivity contribution in [3.05, 3.63) is 29.3 Å². The Morgan fingerprint density at radius 1 is 1.50 bits per heavy atom. The van der Waals surface area contributed by atoms with E-state index in [0.717, 1.165) is 5.56 Å². The molecule has 2 nitrogen and oxygen atoms in total. The third-order valence-electron chi connectivity index (χ3n) is 2.01. The number of alkyl halides is 3. The average molecular weight is 249 g/mol. The first-order valence-corrected chi connectivity index (χ1v) is 5.18. The van der Waals surface area contributed by atoms with E-state index in [0.29, 0.717) is 5.56 Å². The second kappa shape index (κ2) is 5.80. The number of benzene rings is 1. The highest BCUT2D eigenvalue weighted by Crippen LogP contribution is 2.21. The molecule has 0 aromatic heterocycles. The van der Waals surface area contributed by atoms with Gasteiger partial charge in [-0.3, -0.25) is 4.79 Å². The van der Waals surface area contributed by atoms with E-state index >= 15 is 0 Å². The zero-order valence-electron chi connectivity index (χ0n) is 8.67. The lowest BCUT2D eigenvalue weighted by Gasteiger charge is -2.09. The molecule has 1 aromatic carbocycles. The molecule has 0 saturated carbocycles. The molecule has 0 atom stereocenters. The topological polar surface area (TPSA) is 26.3 Å². The Morgan fingerprint density at radius 3 is 2.69 bits per heavy atom. The van der Waals surface area contributed by atoms with Crippen molar-refractivity contribution in [1.29, 1.82) is 0 Å². The lowest BCUT2D eigenvalue weighted by molar-refractivity contribution is -0.116. The maximum atomic E-state index is 12.0. The Labute approximate surface area is 97.2 Å². The van der Waals surface area contributed by atoms with Gasteiger partial charge in [-0.2, -0.15) is 8.78 Å². The van der Waals surface area contributed by atoms with E-state index in [1.807, 2.05) is 0 Å². The van der Waals surface area contributed by atoms with E-state index in [-0.39, 0.29) is 23.8 Å². The van der Waals surface area contributed by atoms with Gasteiger partial charge in [0.05, 0.1) is 5.88 Å². The minimum atomic E-state index is -2.84. The van der Waals surface area contributed by atoms with Crippen LogP contribution in [0, 0.1) is 6.92 Å². The third kappa shape index (κ3) is 3.77. The van der Waals surface area contributed by atoms with E-state index in [1.54, 1.807) is 19.1 Å². The van der Waals surface area contributed by atoms with Crippen LogP contribution in [-0.4, -0.2) is 18.3 Å². The molecule has 16 heavy (non-hydrogen) atoms. The molecule has 0 amide bonds. The molecule has 0 aliphatic carbocycles. The second-order valence-electron chi connectivity index (χ2n) is 3.33. The first-order valence-electron chi connectivity index (χ1n) is 4.65. The van der Waals surface area contributed by atoms with Gasteiger partial charge in [0.1, 0.15) is 5.75 Å². The van der Waals surface area contributed by atoms with Crippen molar-refractivity contribution in [2.45, 2.75) is 20.0 Å². The van der Waals surface area contributed by atoms with Crippen LogP contribution in [0.25, 0.3) is 0 Å². The smallest absolute Gasteiger partial charge is 0.387 e. The molecular weight excluding hydrogens is 238 g/mol. The van der Waals surface area contributed by atoms with Gasteiger partial charge in [-0.05, 0) is 24.1 Å². The van der Waals surface area contributed by atoms with Crippen LogP contribution < -0.4 is 4.74 Å². The van der Waals surface area contributed by atoms with Gasteiger partial charge in [-0.25, -0.2) is 0 Å². The van der Waals surface area contributed by atoms with Crippen molar-refractivity contribution in [2.75, 3.05) is 5.88 Å². The van der Waals surface area contributed by atoms with E-state index < -0.39 is 6.61 Å². The predicted molar refractivity (Wildman–Crippen MR) is 57.2 cm³/mol. The Morgan fingerprint density at radius 2 is 2.19 bits per heavy atom. The molecule has 0 N–H and O–H groups in total. The molecule has 1 rings (SSSR count). The van der Waals surface area contributed by atoms with Crippen molar-refractivity contribution < 1.29 is 18.3 Å². The maximum absolute atomic E-state index is 12.0. The van der Waals surface area contributed by atoms with Gasteiger partial charge in [-0.1, -0.05) is 12.1 Å². The summed E-state index contributed by atoms with van der Waals surface area (Å²) in [5, 5.41) is 0. The van der Waals surface area contributed by atoms with E-state index in [2.05, 4.69) is 4.74 Å². The van der Waals surface area contributed by atoms with Crippen molar-refractivity contribution in [2.24, 2.45) is 0 Å². The molecule has 0 saturated heterocycles. The number of carbonyl (C=O) groups is 1. The summed E-state index contributed by atoms with van der Waals surface area (Å²) in [4.78, 5) is 11.1. The molecule has 0 bridgehead atoms. The quantitative estimate of drug-likeness (QED) is 0.749. The summed E-state index contributed by atoms with van der Waals surface area (Å²) in [6, 6.07) is 4.65. The number of carbonyl (C=O) groups excluding carboxylic acids is 1. The number of hydrogen-bond donors (Lipinski definition) is 0. The monoisotopic (exact) mass is 248 g/mol. The van der Waals surface area contributed by atoms with Crippen LogP contribution in [0.2, 0.25) is 0 Å². The minimum Gasteiger partial charge on any atom is -0.435 e. The van der Waals surface area contributed by atoms with Gasteiger partial charge in [0.2, 0.25) is 0 Å². The van der Waals surface area contributed by atoms with Gasteiger partial charge >= 0.3 is 6.61 Å². The number of ketones is 1. The highest BCUT2D eigenvalue weighted by molar-refractivity contribution is 6.27. The molecule has 0 radical (unpaired) electrons. The van der Waals surface area contributed by atoms with Gasteiger partial charge in [0, 0.05) is 6.42 Å². The standard InChI is InChI=1S/C11H11ClF2O2/c1-7-4-8(5-9(15)6-12)2-3-10(7)16-11(13)14/h2-4,11H,5-6H2,1H3. The lowest BCUT2D eigenvalue weighted by Crippen LogP contribution is -2.06. The summed E-state index contributed by atoms with van der Waals surface area (Å²) in [6.45, 7) is -1.19. The Balaban J connectivity index is 2.78. The number of rotatable bonds is 5. The maximum Gasteiger partial charge on any atom is 0.387 e. The van der Waals surface area contributed by atoms with Crippen LogP contribution >= 0.6 is 11.6 Å². The largest absolute Gasteiger partial charge is 0.435 e. The summed E-state index contributed by atoms with van der Waals surface area (Å²) >= 11 is 5.37. The van der Waals surface area contributed by atoms with Crippen LogP contribution in [0.5, 0.6) is 5.75 Å². The molecule has 0 heterocycles. The van der Waals surface area contributed by atoms with Gasteiger partial charge in [-0.15, -0.1) is 11.6 Å². The molecule has 88 valence electrons. The molecule has 0 spiro atoms. The van der Waals surface area contributed by atoms with Crippen LogP contribution in [0.1, 0.15) is 11.1 Å². The Bertz CT molecular complexity index is 380. The first kappa shape index (κ1) is 12.9. The molecule has 0 aliphatic rings. The fourth-order valence-electron chi connectivity index (χ4n) is 1.32. The summed E-state index contributed by atoms with van der Waals surface area (Å²) in [5.41, 5.74) is 1.31. The van der Waals surface area contributed by atoms with Crippen molar-refractivity contribution in [1.82, 2.24) is 0 Å². The molecular formula is C11H11ClF2O2. The van der Waals surface area contributed by atoms with E-state index in [4.69, 9.17) is 11.6 Å². The van der Waals surface area contributed by atoms with Crippen molar-refractivity contribution in [3.8, 4) is 5.75 Å². The van der Waals surface area contributed by atoms with Crippen molar-refractivity contribution >= 4 is 17.4 Å². The highest BCUT2D eigenvalue weighted by Gasteiger charge is 2.09. The first-order chi connectivity index (χ1) is 7.52. The number of hydrogen-bond acceptors (Lipinski definition) is 2. The minimum absolute atomic E-state index is 0.0473. The predicted octanol–water partition coefficient (Wildman–Crippen LogP) is 2.95. The molecule has 5 heteroatoms. The van der Waals surface area contributed by atoms with E-state index in [9.17, 15) is 13.6 Å². The molecule has 0 unspecified atom stereocenters. The summed E-state index contributed by atoms with van der Waals surface area (Å²) in [6.07, 6.45) is 0.208. The number of halogens is 3. The van der Waals surface area contributed by atoms with Crippen LogP contribution in [0.4, 0.5) is 8.78 Å². The normalized spacial score (nSPS) is 10.6. The summed E-state index contributed by atoms with van der Waals surface area (Å²) < 4.78 is 28.2. The third-order valence-corrected chi connectivity index (χ3v) is 2.30. The van der Waals surface area contributed by atoms with Gasteiger partial charge < -0.3 is 4.74 Å². The van der Waals surface area contributed by atoms with E-state index in [1.165, 1.54) is 6.07 Å². The number of ether oxygens (including phenoxy) is 1. The average Bonchev–Trinajstić information content (AvgIpc) is 2.21. The van der Waals surface area contributed by atoms with Crippen LogP contribution in [0.3, 0.4) is 0 Å². The summed E-state index contributed by atoms with van der Waals surface area (Å²) in [5.74, 6) is -0.0328. The SMILES string of the molecule is Cc1cc(CC(=O)CCl)ccc1OC(F)F. The Hall–Kier alpha value is -1.16. The number of Topliss-reactive ketones (excluding diaryl/α,β-unsaturated/α-hetero) is 1. The Kier molecular flexibility index (Phi) is 4.68. The molecule has 1 aromatic rings.